The molecule has 6 heteroatoms. The van der Waals surface area contributed by atoms with Gasteiger partial charge in [-0.15, -0.1) is 0 Å². The molecular formula is C14H23N3O3. The van der Waals surface area contributed by atoms with E-state index in [1.165, 1.54) is 6.26 Å². The lowest BCUT2D eigenvalue weighted by atomic mass is 10.2. The van der Waals surface area contributed by atoms with Crippen LogP contribution in [-0.4, -0.2) is 54.7 Å². The fourth-order valence-electron chi connectivity index (χ4n) is 2.66. The molecule has 1 atom stereocenters. The molecule has 1 aromatic rings. The van der Waals surface area contributed by atoms with Crippen LogP contribution in [0.4, 0.5) is 6.01 Å². The molecule has 1 aliphatic heterocycles. The summed E-state index contributed by atoms with van der Waals surface area (Å²) in [4.78, 5) is 20.3. The molecule has 20 heavy (non-hydrogen) atoms. The van der Waals surface area contributed by atoms with Crippen molar-refractivity contribution in [2.24, 2.45) is 0 Å². The summed E-state index contributed by atoms with van der Waals surface area (Å²) in [7, 11) is 0. The summed E-state index contributed by atoms with van der Waals surface area (Å²) < 4.78 is 10.3. The normalized spacial score (nSPS) is 18.8. The Kier molecular flexibility index (Phi) is 5.00. The van der Waals surface area contributed by atoms with Gasteiger partial charge in [-0.3, -0.25) is 4.90 Å². The second-order valence-corrected chi connectivity index (χ2v) is 4.85. The maximum Gasteiger partial charge on any atom is 0.360 e. The summed E-state index contributed by atoms with van der Waals surface area (Å²) in [5, 5.41) is 0. The molecule has 0 bridgehead atoms. The van der Waals surface area contributed by atoms with Crippen LogP contribution in [0.2, 0.25) is 0 Å². The Hall–Kier alpha value is -1.56. The highest BCUT2D eigenvalue weighted by Gasteiger charge is 2.29. The second-order valence-electron chi connectivity index (χ2n) is 4.85. The van der Waals surface area contributed by atoms with Gasteiger partial charge in [0.1, 0.15) is 6.26 Å². The van der Waals surface area contributed by atoms with Crippen molar-refractivity contribution in [3.63, 3.8) is 0 Å². The van der Waals surface area contributed by atoms with E-state index in [0.29, 0.717) is 18.7 Å². The van der Waals surface area contributed by atoms with Gasteiger partial charge in [-0.05, 0) is 26.4 Å². The average molecular weight is 281 g/mol. The van der Waals surface area contributed by atoms with Crippen molar-refractivity contribution < 1.29 is 13.9 Å². The Morgan fingerprint density at radius 2 is 2.25 bits per heavy atom. The lowest BCUT2D eigenvalue weighted by Crippen LogP contribution is -2.37. The SMILES string of the molecule is CCOC(=O)c1coc(N2CCC(N(CC)CC)C2)n1. The third-order valence-corrected chi connectivity index (χ3v) is 3.74. The van der Waals surface area contributed by atoms with E-state index < -0.39 is 5.97 Å². The molecule has 0 saturated carbocycles. The third-order valence-electron chi connectivity index (χ3n) is 3.74. The number of carbonyl (C=O) groups excluding carboxylic acids is 1. The maximum atomic E-state index is 11.6. The van der Waals surface area contributed by atoms with Gasteiger partial charge in [0.2, 0.25) is 0 Å². The van der Waals surface area contributed by atoms with Gasteiger partial charge in [-0.1, -0.05) is 13.8 Å². The lowest BCUT2D eigenvalue weighted by molar-refractivity contribution is 0.0519. The monoisotopic (exact) mass is 281 g/mol. The molecule has 112 valence electrons. The van der Waals surface area contributed by atoms with Crippen molar-refractivity contribution >= 4 is 12.0 Å². The Morgan fingerprint density at radius 1 is 1.50 bits per heavy atom. The van der Waals surface area contributed by atoms with Crippen LogP contribution < -0.4 is 4.90 Å². The molecule has 1 saturated heterocycles. The van der Waals surface area contributed by atoms with Crippen molar-refractivity contribution in [3.8, 4) is 0 Å². The molecule has 0 radical (unpaired) electrons. The summed E-state index contributed by atoms with van der Waals surface area (Å²) in [6.45, 7) is 10.4. The smallest absolute Gasteiger partial charge is 0.360 e. The first kappa shape index (κ1) is 14.8. The summed E-state index contributed by atoms with van der Waals surface area (Å²) in [6, 6.07) is 1.05. The minimum atomic E-state index is -0.429. The van der Waals surface area contributed by atoms with Crippen molar-refractivity contribution in [3.05, 3.63) is 12.0 Å². The van der Waals surface area contributed by atoms with Crippen LogP contribution in [0.1, 0.15) is 37.7 Å². The number of likely N-dealkylation sites (N-methyl/N-ethyl adjacent to an activating group) is 1. The summed E-state index contributed by atoms with van der Waals surface area (Å²) in [5.41, 5.74) is 0.244. The topological polar surface area (TPSA) is 58.8 Å². The number of rotatable bonds is 6. The number of esters is 1. The zero-order valence-corrected chi connectivity index (χ0v) is 12.5. The van der Waals surface area contributed by atoms with Crippen LogP contribution >= 0.6 is 0 Å². The van der Waals surface area contributed by atoms with Gasteiger partial charge >= 0.3 is 5.97 Å². The van der Waals surface area contributed by atoms with E-state index in [-0.39, 0.29) is 5.69 Å². The number of anilines is 1. The Balaban J connectivity index is 1.98. The molecule has 1 fully saturated rings. The van der Waals surface area contributed by atoms with E-state index >= 15 is 0 Å². The molecule has 1 aliphatic rings. The van der Waals surface area contributed by atoms with Gasteiger partial charge in [0, 0.05) is 19.1 Å². The quantitative estimate of drug-likeness (QED) is 0.741. The molecular weight excluding hydrogens is 258 g/mol. The number of carbonyl (C=O) groups is 1. The highest BCUT2D eigenvalue weighted by molar-refractivity contribution is 5.87. The van der Waals surface area contributed by atoms with E-state index in [9.17, 15) is 4.79 Å². The van der Waals surface area contributed by atoms with Crippen molar-refractivity contribution in [1.29, 1.82) is 0 Å². The van der Waals surface area contributed by atoms with Crippen LogP contribution in [0.15, 0.2) is 10.7 Å². The van der Waals surface area contributed by atoms with Gasteiger partial charge in [0.05, 0.1) is 6.61 Å². The fraction of sp³-hybridized carbons (Fsp3) is 0.714. The summed E-state index contributed by atoms with van der Waals surface area (Å²) in [5.74, 6) is -0.429. The maximum absolute atomic E-state index is 11.6. The molecule has 1 unspecified atom stereocenters. The number of hydrogen-bond acceptors (Lipinski definition) is 6. The first-order valence-corrected chi connectivity index (χ1v) is 7.31. The molecule has 6 nitrogen and oxygen atoms in total. The van der Waals surface area contributed by atoms with Gasteiger partial charge in [0.25, 0.3) is 6.01 Å². The second kappa shape index (κ2) is 6.74. The minimum absolute atomic E-state index is 0.244. The average Bonchev–Trinajstić information content (AvgIpc) is 3.09. The van der Waals surface area contributed by atoms with E-state index in [1.54, 1.807) is 6.92 Å². The van der Waals surface area contributed by atoms with Crippen LogP contribution in [0.3, 0.4) is 0 Å². The Bertz CT molecular complexity index is 443. The number of hydrogen-bond donors (Lipinski definition) is 0. The zero-order valence-electron chi connectivity index (χ0n) is 12.5. The molecule has 0 spiro atoms. The first-order chi connectivity index (χ1) is 9.69. The number of nitrogens with zero attached hydrogens (tertiary/aromatic N) is 3. The highest BCUT2D eigenvalue weighted by atomic mass is 16.5. The third kappa shape index (κ3) is 3.12. The predicted molar refractivity (Wildman–Crippen MR) is 76.0 cm³/mol. The van der Waals surface area contributed by atoms with E-state index in [0.717, 1.165) is 32.6 Å². The first-order valence-electron chi connectivity index (χ1n) is 7.31. The molecule has 2 rings (SSSR count). The molecule has 0 N–H and O–H groups in total. The lowest BCUT2D eigenvalue weighted by Gasteiger charge is -2.25. The van der Waals surface area contributed by atoms with Crippen molar-refractivity contribution in [2.75, 3.05) is 37.7 Å². The van der Waals surface area contributed by atoms with E-state index in [1.807, 2.05) is 0 Å². The summed E-state index contributed by atoms with van der Waals surface area (Å²) in [6.07, 6.45) is 2.47. The van der Waals surface area contributed by atoms with Gasteiger partial charge in [-0.2, -0.15) is 4.98 Å². The standard InChI is InChI=1S/C14H23N3O3/c1-4-16(5-2)11-7-8-17(9-11)14-15-12(10-20-14)13(18)19-6-3/h10-11H,4-9H2,1-3H3. The largest absolute Gasteiger partial charge is 0.461 e. The Morgan fingerprint density at radius 3 is 2.90 bits per heavy atom. The van der Waals surface area contributed by atoms with Gasteiger partial charge in [-0.25, -0.2) is 4.79 Å². The van der Waals surface area contributed by atoms with Crippen LogP contribution in [0.5, 0.6) is 0 Å². The van der Waals surface area contributed by atoms with Crippen LogP contribution in [0.25, 0.3) is 0 Å². The zero-order chi connectivity index (χ0) is 14.5. The number of oxazole rings is 1. The fourth-order valence-corrected chi connectivity index (χ4v) is 2.66. The molecule has 0 amide bonds. The van der Waals surface area contributed by atoms with Gasteiger partial charge < -0.3 is 14.1 Å². The van der Waals surface area contributed by atoms with Crippen molar-refractivity contribution in [1.82, 2.24) is 9.88 Å². The van der Waals surface area contributed by atoms with E-state index in [4.69, 9.17) is 9.15 Å². The highest BCUT2D eigenvalue weighted by Crippen LogP contribution is 2.22. The predicted octanol–water partition coefficient (Wildman–Crippen LogP) is 1.77. The number of aromatic nitrogens is 1. The summed E-state index contributed by atoms with van der Waals surface area (Å²) >= 11 is 0. The number of ether oxygens (including phenoxy) is 1. The molecule has 1 aromatic heterocycles. The van der Waals surface area contributed by atoms with Crippen molar-refractivity contribution in [2.45, 2.75) is 33.2 Å². The molecule has 0 aliphatic carbocycles. The minimum Gasteiger partial charge on any atom is -0.461 e. The van der Waals surface area contributed by atoms with Crippen LogP contribution in [0, 0.1) is 0 Å². The molecule has 0 aromatic carbocycles. The Labute approximate surface area is 119 Å². The van der Waals surface area contributed by atoms with E-state index in [2.05, 4.69) is 28.6 Å². The van der Waals surface area contributed by atoms with Gasteiger partial charge in [0.15, 0.2) is 5.69 Å². The molecule has 2 heterocycles. The van der Waals surface area contributed by atoms with Crippen LogP contribution in [-0.2, 0) is 4.74 Å².